The molecule has 1 saturated heterocycles. The maximum atomic E-state index is 13.6. The van der Waals surface area contributed by atoms with E-state index >= 15 is 0 Å². The SMILES string of the molecule is Cc1ccc(NC(=O)C(=O)NCC(c2ccsc2)N2CCOCC2)cc1F. The first-order chi connectivity index (χ1) is 13.0. The summed E-state index contributed by atoms with van der Waals surface area (Å²) in [6.07, 6.45) is 0. The maximum absolute atomic E-state index is 13.6. The Balaban J connectivity index is 1.59. The Morgan fingerprint density at radius 1 is 1.26 bits per heavy atom. The van der Waals surface area contributed by atoms with Crippen molar-refractivity contribution in [2.24, 2.45) is 0 Å². The van der Waals surface area contributed by atoms with Crippen LogP contribution < -0.4 is 10.6 Å². The predicted molar refractivity (Wildman–Crippen MR) is 102 cm³/mol. The number of benzene rings is 1. The lowest BCUT2D eigenvalue weighted by Crippen LogP contribution is -2.45. The van der Waals surface area contributed by atoms with Crippen LogP contribution in [0.2, 0.25) is 0 Å². The molecule has 1 aliphatic rings. The van der Waals surface area contributed by atoms with Gasteiger partial charge in [-0.25, -0.2) is 4.39 Å². The molecule has 3 rings (SSSR count). The van der Waals surface area contributed by atoms with Crippen LogP contribution in [0.5, 0.6) is 0 Å². The van der Waals surface area contributed by atoms with Gasteiger partial charge in [0.25, 0.3) is 0 Å². The first-order valence-corrected chi connectivity index (χ1v) is 9.68. The van der Waals surface area contributed by atoms with Crippen molar-refractivity contribution >= 4 is 28.8 Å². The lowest BCUT2D eigenvalue weighted by molar-refractivity contribution is -0.136. The average Bonchev–Trinajstić information content (AvgIpc) is 3.20. The minimum atomic E-state index is -0.815. The molecule has 0 spiro atoms. The van der Waals surface area contributed by atoms with Crippen molar-refractivity contribution in [3.05, 3.63) is 52.0 Å². The van der Waals surface area contributed by atoms with Crippen LogP contribution in [0, 0.1) is 12.7 Å². The van der Waals surface area contributed by atoms with Gasteiger partial charge in [-0.1, -0.05) is 6.07 Å². The van der Waals surface area contributed by atoms with Gasteiger partial charge in [-0.2, -0.15) is 11.3 Å². The topological polar surface area (TPSA) is 70.7 Å². The average molecular weight is 391 g/mol. The van der Waals surface area contributed by atoms with E-state index in [1.807, 2.05) is 16.8 Å². The minimum absolute atomic E-state index is 0.0197. The van der Waals surface area contributed by atoms with E-state index in [9.17, 15) is 14.0 Å². The lowest BCUT2D eigenvalue weighted by atomic mass is 10.1. The van der Waals surface area contributed by atoms with Gasteiger partial charge in [0, 0.05) is 25.3 Å². The van der Waals surface area contributed by atoms with E-state index in [4.69, 9.17) is 4.74 Å². The lowest BCUT2D eigenvalue weighted by Gasteiger charge is -2.34. The molecule has 6 nitrogen and oxygen atoms in total. The summed E-state index contributed by atoms with van der Waals surface area (Å²) in [6, 6.07) is 6.31. The molecule has 2 N–H and O–H groups in total. The number of anilines is 1. The summed E-state index contributed by atoms with van der Waals surface area (Å²) in [6.45, 7) is 4.77. The van der Waals surface area contributed by atoms with Crippen molar-refractivity contribution in [3.63, 3.8) is 0 Å². The zero-order valence-corrected chi connectivity index (χ0v) is 15.9. The standard InChI is InChI=1S/C19H22FN3O3S/c1-13-2-3-15(10-16(13)20)22-19(25)18(24)21-11-17(14-4-9-27-12-14)23-5-7-26-8-6-23/h2-4,9-10,12,17H,5-8,11H2,1H3,(H,21,24)(H,22,25). The number of ether oxygens (including phenoxy) is 1. The van der Waals surface area contributed by atoms with Crippen molar-refractivity contribution in [2.45, 2.75) is 13.0 Å². The highest BCUT2D eigenvalue weighted by Crippen LogP contribution is 2.23. The first-order valence-electron chi connectivity index (χ1n) is 8.74. The van der Waals surface area contributed by atoms with Gasteiger partial charge in [-0.15, -0.1) is 0 Å². The molecular weight excluding hydrogens is 369 g/mol. The Morgan fingerprint density at radius 2 is 2.04 bits per heavy atom. The quantitative estimate of drug-likeness (QED) is 0.768. The number of morpholine rings is 1. The monoisotopic (exact) mass is 391 g/mol. The zero-order valence-electron chi connectivity index (χ0n) is 15.0. The summed E-state index contributed by atoms with van der Waals surface area (Å²) in [5.41, 5.74) is 1.82. The number of rotatable bonds is 5. The van der Waals surface area contributed by atoms with Gasteiger partial charge in [0.2, 0.25) is 0 Å². The number of nitrogens with zero attached hydrogens (tertiary/aromatic N) is 1. The van der Waals surface area contributed by atoms with E-state index in [0.29, 0.717) is 25.3 Å². The number of carbonyl (C=O) groups excluding carboxylic acids is 2. The second kappa shape index (κ2) is 9.07. The summed E-state index contributed by atoms with van der Waals surface area (Å²) in [5, 5.41) is 9.15. The number of hydrogen-bond acceptors (Lipinski definition) is 5. The molecule has 0 saturated carbocycles. The molecule has 1 atom stereocenters. The normalized spacial score (nSPS) is 15.9. The number of hydrogen-bond donors (Lipinski definition) is 2. The Kier molecular flexibility index (Phi) is 6.54. The van der Waals surface area contributed by atoms with Crippen LogP contribution >= 0.6 is 11.3 Å². The highest BCUT2D eigenvalue weighted by molar-refractivity contribution is 7.08. The highest BCUT2D eigenvalue weighted by Gasteiger charge is 2.24. The maximum Gasteiger partial charge on any atom is 0.313 e. The molecule has 0 bridgehead atoms. The van der Waals surface area contributed by atoms with Crippen molar-refractivity contribution in [2.75, 3.05) is 38.2 Å². The van der Waals surface area contributed by atoms with E-state index in [1.54, 1.807) is 30.4 Å². The van der Waals surface area contributed by atoms with Crippen LogP contribution in [0.25, 0.3) is 0 Å². The number of carbonyl (C=O) groups is 2. The second-order valence-electron chi connectivity index (χ2n) is 6.35. The Hall–Kier alpha value is -2.29. The number of amides is 2. The molecule has 1 aromatic heterocycles. The summed E-state index contributed by atoms with van der Waals surface area (Å²) in [7, 11) is 0. The van der Waals surface area contributed by atoms with Crippen LogP contribution in [-0.2, 0) is 14.3 Å². The third-order valence-corrected chi connectivity index (χ3v) is 5.21. The number of thiophene rings is 1. The fraction of sp³-hybridized carbons (Fsp3) is 0.368. The van der Waals surface area contributed by atoms with Gasteiger partial charge in [-0.3, -0.25) is 14.5 Å². The largest absolute Gasteiger partial charge is 0.379 e. The van der Waals surface area contributed by atoms with Gasteiger partial charge >= 0.3 is 11.8 Å². The molecule has 1 aromatic carbocycles. The van der Waals surface area contributed by atoms with Crippen LogP contribution in [0.4, 0.5) is 10.1 Å². The van der Waals surface area contributed by atoms with Gasteiger partial charge in [-0.05, 0) is 47.0 Å². The van der Waals surface area contributed by atoms with Crippen molar-refractivity contribution in [1.82, 2.24) is 10.2 Å². The Labute approximate surface area is 161 Å². The van der Waals surface area contributed by atoms with E-state index < -0.39 is 17.6 Å². The van der Waals surface area contributed by atoms with Crippen molar-refractivity contribution in [3.8, 4) is 0 Å². The third kappa shape index (κ3) is 5.12. The molecule has 0 radical (unpaired) electrons. The molecule has 2 heterocycles. The van der Waals surface area contributed by atoms with E-state index in [2.05, 4.69) is 15.5 Å². The van der Waals surface area contributed by atoms with Gasteiger partial charge < -0.3 is 15.4 Å². The third-order valence-electron chi connectivity index (χ3n) is 4.51. The summed E-state index contributed by atoms with van der Waals surface area (Å²) in [4.78, 5) is 26.5. The zero-order chi connectivity index (χ0) is 19.2. The predicted octanol–water partition coefficient (Wildman–Crippen LogP) is 2.32. The highest BCUT2D eigenvalue weighted by atomic mass is 32.1. The number of aryl methyl sites for hydroxylation is 1. The minimum Gasteiger partial charge on any atom is -0.379 e. The molecule has 27 heavy (non-hydrogen) atoms. The Bertz CT molecular complexity index is 792. The number of nitrogens with one attached hydrogen (secondary N) is 2. The molecule has 0 aliphatic carbocycles. The van der Waals surface area contributed by atoms with Gasteiger partial charge in [0.05, 0.1) is 19.3 Å². The molecule has 8 heteroatoms. The molecule has 1 fully saturated rings. The molecule has 144 valence electrons. The van der Waals surface area contributed by atoms with Crippen LogP contribution in [0.1, 0.15) is 17.2 Å². The summed E-state index contributed by atoms with van der Waals surface area (Å²) < 4.78 is 19.0. The van der Waals surface area contributed by atoms with E-state index in [1.165, 1.54) is 6.07 Å². The summed E-state index contributed by atoms with van der Waals surface area (Å²) in [5.74, 6) is -1.99. The smallest absolute Gasteiger partial charge is 0.313 e. The first kappa shape index (κ1) is 19.5. The Morgan fingerprint density at radius 3 is 2.70 bits per heavy atom. The van der Waals surface area contributed by atoms with Crippen molar-refractivity contribution < 1.29 is 18.7 Å². The van der Waals surface area contributed by atoms with E-state index in [0.717, 1.165) is 18.7 Å². The second-order valence-corrected chi connectivity index (χ2v) is 7.13. The van der Waals surface area contributed by atoms with Gasteiger partial charge in [0.1, 0.15) is 5.82 Å². The van der Waals surface area contributed by atoms with Gasteiger partial charge in [0.15, 0.2) is 0 Å². The fourth-order valence-corrected chi connectivity index (χ4v) is 3.65. The molecule has 2 amide bonds. The van der Waals surface area contributed by atoms with E-state index in [-0.39, 0.29) is 11.7 Å². The number of halogens is 1. The molecule has 1 unspecified atom stereocenters. The molecular formula is C19H22FN3O3S. The van der Waals surface area contributed by atoms with Crippen LogP contribution in [0.3, 0.4) is 0 Å². The summed E-state index contributed by atoms with van der Waals surface area (Å²) >= 11 is 1.59. The van der Waals surface area contributed by atoms with Crippen LogP contribution in [0.15, 0.2) is 35.0 Å². The molecule has 2 aromatic rings. The van der Waals surface area contributed by atoms with Crippen molar-refractivity contribution in [1.29, 1.82) is 0 Å². The molecule has 1 aliphatic heterocycles. The van der Waals surface area contributed by atoms with Crippen LogP contribution in [-0.4, -0.2) is 49.6 Å². The fourth-order valence-electron chi connectivity index (χ4n) is 2.94.